The summed E-state index contributed by atoms with van der Waals surface area (Å²) in [6.45, 7) is 2.03. The lowest BCUT2D eigenvalue weighted by Crippen LogP contribution is -2.08. The van der Waals surface area contributed by atoms with Crippen LogP contribution in [0.4, 0.5) is 4.39 Å². The van der Waals surface area contributed by atoms with Gasteiger partial charge in [-0.2, -0.15) is 0 Å². The quantitative estimate of drug-likeness (QED) is 0.808. The van der Waals surface area contributed by atoms with Crippen LogP contribution in [0.25, 0.3) is 0 Å². The topological polar surface area (TPSA) is 30.7 Å². The molecule has 0 saturated heterocycles. The highest BCUT2D eigenvalue weighted by Gasteiger charge is 2.35. The fourth-order valence-corrected chi connectivity index (χ4v) is 2.72. The third-order valence-corrected chi connectivity index (χ3v) is 3.52. The minimum atomic E-state index is -1.03. The lowest BCUT2D eigenvalue weighted by atomic mass is 9.99. The molecule has 0 saturated carbocycles. The molecule has 0 bridgehead atoms. The van der Waals surface area contributed by atoms with E-state index >= 15 is 0 Å². The average molecular weight is 296 g/mol. The Kier molecular flexibility index (Phi) is 2.50. The molecule has 2 atom stereocenters. The van der Waals surface area contributed by atoms with Crippen molar-refractivity contribution in [2.75, 3.05) is 0 Å². The third kappa shape index (κ3) is 1.69. The molecule has 1 aromatic heterocycles. The van der Waals surface area contributed by atoms with E-state index in [2.05, 4.69) is 26.0 Å². The predicted octanol–water partition coefficient (Wildman–Crippen LogP) is 3.35. The number of aryl methyl sites for hydroxylation is 1. The molecule has 17 heavy (non-hydrogen) atoms. The van der Waals surface area contributed by atoms with Crippen LogP contribution in [-0.4, -0.2) is 14.8 Å². The summed E-state index contributed by atoms with van der Waals surface area (Å²) in [6, 6.07) is 7.97. The summed E-state index contributed by atoms with van der Waals surface area (Å²) < 4.78 is 16.0. The third-order valence-electron chi connectivity index (χ3n) is 3.18. The summed E-state index contributed by atoms with van der Waals surface area (Å²) in [4.78, 5) is 4.07. The van der Waals surface area contributed by atoms with Gasteiger partial charge in [0.1, 0.15) is 0 Å². The lowest BCUT2D eigenvalue weighted by Gasteiger charge is -2.14. The van der Waals surface area contributed by atoms with Gasteiger partial charge in [-0.25, -0.2) is 14.1 Å². The van der Waals surface area contributed by atoms with E-state index in [-0.39, 0.29) is 6.04 Å². The highest BCUT2D eigenvalue weighted by molar-refractivity contribution is 9.10. The number of rotatable bonds is 1. The Balaban J connectivity index is 2.10. The second kappa shape index (κ2) is 3.91. The molecule has 0 spiro atoms. The largest absolute Gasteiger partial charge is 0.239 e. The zero-order valence-electron chi connectivity index (χ0n) is 9.27. The monoisotopic (exact) mass is 295 g/mol. The van der Waals surface area contributed by atoms with Gasteiger partial charge in [-0.1, -0.05) is 24.3 Å². The zero-order valence-corrected chi connectivity index (χ0v) is 10.9. The van der Waals surface area contributed by atoms with E-state index in [1.807, 2.05) is 31.2 Å². The van der Waals surface area contributed by atoms with Gasteiger partial charge in [0.2, 0.25) is 4.73 Å². The molecule has 0 radical (unpaired) electrons. The van der Waals surface area contributed by atoms with Crippen LogP contribution in [0.15, 0.2) is 29.0 Å². The Morgan fingerprint density at radius 1 is 1.41 bits per heavy atom. The van der Waals surface area contributed by atoms with Crippen LogP contribution >= 0.6 is 15.9 Å². The second-order valence-electron chi connectivity index (χ2n) is 4.26. The first-order chi connectivity index (χ1) is 8.16. The minimum Gasteiger partial charge on any atom is -0.239 e. The van der Waals surface area contributed by atoms with Crippen LogP contribution in [-0.2, 0) is 0 Å². The number of aromatic nitrogens is 3. The van der Waals surface area contributed by atoms with Crippen LogP contribution in [0.1, 0.15) is 35.6 Å². The molecule has 3 rings (SSSR count). The molecule has 1 aliphatic rings. The SMILES string of the molecule is Cc1ccccc1[C@@H]1C[C@H](F)c2nc(Br)nn21. The van der Waals surface area contributed by atoms with E-state index in [0.717, 1.165) is 11.1 Å². The lowest BCUT2D eigenvalue weighted by molar-refractivity contribution is 0.328. The Morgan fingerprint density at radius 2 is 2.18 bits per heavy atom. The maximum Gasteiger partial charge on any atom is 0.217 e. The molecule has 0 fully saturated rings. The van der Waals surface area contributed by atoms with Gasteiger partial charge in [0.25, 0.3) is 0 Å². The molecule has 5 heteroatoms. The molecular formula is C12H11BrFN3. The molecule has 2 aromatic rings. The van der Waals surface area contributed by atoms with E-state index < -0.39 is 6.17 Å². The number of nitrogens with zero attached hydrogens (tertiary/aromatic N) is 3. The highest BCUT2D eigenvalue weighted by atomic mass is 79.9. The van der Waals surface area contributed by atoms with Crippen LogP contribution in [0, 0.1) is 6.92 Å². The maximum atomic E-state index is 13.9. The molecule has 2 heterocycles. The van der Waals surface area contributed by atoms with Gasteiger partial charge in [0.05, 0.1) is 6.04 Å². The molecule has 1 aromatic carbocycles. The van der Waals surface area contributed by atoms with Gasteiger partial charge in [-0.3, -0.25) is 0 Å². The summed E-state index contributed by atoms with van der Waals surface area (Å²) >= 11 is 3.19. The number of benzene rings is 1. The first kappa shape index (κ1) is 10.9. The van der Waals surface area contributed by atoms with Crippen LogP contribution in [0.3, 0.4) is 0 Å². The summed E-state index contributed by atoms with van der Waals surface area (Å²) in [5.74, 6) is 0.421. The molecule has 0 aliphatic carbocycles. The second-order valence-corrected chi connectivity index (χ2v) is 4.97. The van der Waals surface area contributed by atoms with Crippen LogP contribution in [0.5, 0.6) is 0 Å². The van der Waals surface area contributed by atoms with E-state index in [1.165, 1.54) is 0 Å². The van der Waals surface area contributed by atoms with Crippen molar-refractivity contribution in [1.29, 1.82) is 0 Å². The molecule has 0 N–H and O–H groups in total. The van der Waals surface area contributed by atoms with Crippen molar-refractivity contribution in [3.05, 3.63) is 46.0 Å². The number of hydrogen-bond donors (Lipinski definition) is 0. The Labute approximate surface area is 107 Å². The highest BCUT2D eigenvalue weighted by Crippen LogP contribution is 2.40. The van der Waals surface area contributed by atoms with Crippen molar-refractivity contribution in [3.63, 3.8) is 0 Å². The summed E-state index contributed by atoms with van der Waals surface area (Å²) in [5.41, 5.74) is 2.27. The molecule has 88 valence electrons. The normalized spacial score (nSPS) is 22.8. The van der Waals surface area contributed by atoms with E-state index in [1.54, 1.807) is 4.68 Å². The minimum absolute atomic E-state index is 0.0417. The number of halogens is 2. The Morgan fingerprint density at radius 3 is 2.94 bits per heavy atom. The first-order valence-electron chi connectivity index (χ1n) is 5.48. The number of alkyl halides is 1. The fourth-order valence-electron chi connectivity index (χ4n) is 2.37. The van der Waals surface area contributed by atoms with Crippen molar-refractivity contribution >= 4 is 15.9 Å². The molecule has 0 unspecified atom stereocenters. The van der Waals surface area contributed by atoms with Gasteiger partial charge < -0.3 is 0 Å². The van der Waals surface area contributed by atoms with Crippen molar-refractivity contribution in [1.82, 2.24) is 14.8 Å². The van der Waals surface area contributed by atoms with Crippen molar-refractivity contribution < 1.29 is 4.39 Å². The molecule has 0 amide bonds. The van der Waals surface area contributed by atoms with Crippen molar-refractivity contribution in [2.45, 2.75) is 25.6 Å². The van der Waals surface area contributed by atoms with Gasteiger partial charge in [-0.15, -0.1) is 5.10 Å². The average Bonchev–Trinajstić information content (AvgIpc) is 2.80. The summed E-state index contributed by atoms with van der Waals surface area (Å²) in [5, 5.41) is 4.22. The number of hydrogen-bond acceptors (Lipinski definition) is 2. The molecular weight excluding hydrogens is 285 g/mol. The summed E-state index contributed by atoms with van der Waals surface area (Å²) in [6.07, 6.45) is -0.605. The van der Waals surface area contributed by atoms with E-state index in [4.69, 9.17) is 0 Å². The molecule has 1 aliphatic heterocycles. The van der Waals surface area contributed by atoms with Gasteiger partial charge in [0.15, 0.2) is 12.0 Å². The van der Waals surface area contributed by atoms with E-state index in [9.17, 15) is 4.39 Å². The van der Waals surface area contributed by atoms with Gasteiger partial charge in [-0.05, 0) is 34.0 Å². The number of fused-ring (bicyclic) bond motifs is 1. The zero-order chi connectivity index (χ0) is 12.0. The van der Waals surface area contributed by atoms with Crippen LogP contribution in [0.2, 0.25) is 0 Å². The van der Waals surface area contributed by atoms with Crippen molar-refractivity contribution in [2.24, 2.45) is 0 Å². The smallest absolute Gasteiger partial charge is 0.217 e. The Bertz CT molecular complexity index is 567. The van der Waals surface area contributed by atoms with Crippen molar-refractivity contribution in [3.8, 4) is 0 Å². The maximum absolute atomic E-state index is 13.9. The molecule has 3 nitrogen and oxygen atoms in total. The summed E-state index contributed by atoms with van der Waals surface area (Å²) in [7, 11) is 0. The van der Waals surface area contributed by atoms with E-state index in [0.29, 0.717) is 17.0 Å². The fraction of sp³-hybridized carbons (Fsp3) is 0.333. The Hall–Kier alpha value is -1.23. The van der Waals surface area contributed by atoms with Gasteiger partial charge in [0, 0.05) is 6.42 Å². The van der Waals surface area contributed by atoms with Crippen LogP contribution < -0.4 is 0 Å². The first-order valence-corrected chi connectivity index (χ1v) is 6.27. The predicted molar refractivity (Wildman–Crippen MR) is 65.5 cm³/mol. The van der Waals surface area contributed by atoms with Gasteiger partial charge >= 0.3 is 0 Å². The standard InChI is InChI=1S/C12H11BrFN3/c1-7-4-2-3-5-8(7)10-6-9(14)11-15-12(13)16-17(10)11/h2-5,9-10H,6H2,1H3/t9-,10-/m0/s1.